The summed E-state index contributed by atoms with van der Waals surface area (Å²) in [4.78, 5) is 14.6. The second-order valence-corrected chi connectivity index (χ2v) is 7.08. The van der Waals surface area contributed by atoms with Crippen molar-refractivity contribution in [3.05, 3.63) is 11.2 Å². The van der Waals surface area contributed by atoms with E-state index in [9.17, 15) is 13.2 Å². The predicted octanol–water partition coefficient (Wildman–Crippen LogP) is 1.40. The molecule has 1 fully saturated rings. The minimum atomic E-state index is -3.72. The summed E-state index contributed by atoms with van der Waals surface area (Å²) in [6.45, 7) is 2.32. The van der Waals surface area contributed by atoms with E-state index in [1.165, 1.54) is 9.82 Å². The molecule has 0 bridgehead atoms. The van der Waals surface area contributed by atoms with E-state index < -0.39 is 16.0 Å². The lowest BCUT2D eigenvalue weighted by Crippen LogP contribution is -2.34. The Kier molecular flexibility index (Phi) is 3.69. The molecular weight excluding hydrogens is 276 g/mol. The van der Waals surface area contributed by atoms with Crippen LogP contribution in [0, 0.1) is 0 Å². The molecule has 8 heteroatoms. The summed E-state index contributed by atoms with van der Waals surface area (Å²) < 4.78 is 26.1. The van der Waals surface area contributed by atoms with Crippen LogP contribution < -0.4 is 0 Å². The van der Waals surface area contributed by atoms with Crippen molar-refractivity contribution in [2.24, 2.45) is 0 Å². The largest absolute Gasteiger partial charge is 0.476 e. The van der Waals surface area contributed by atoms with Gasteiger partial charge in [-0.1, -0.05) is 6.92 Å². The number of aromatic nitrogens is 1. The maximum Gasteiger partial charge on any atom is 0.356 e. The molecule has 0 atom stereocenters. The van der Waals surface area contributed by atoms with Gasteiger partial charge in [-0.2, -0.15) is 4.31 Å². The van der Waals surface area contributed by atoms with Crippen molar-refractivity contribution in [2.45, 2.75) is 36.4 Å². The first kappa shape index (κ1) is 13.4. The van der Waals surface area contributed by atoms with Gasteiger partial charge in [-0.3, -0.25) is 0 Å². The van der Waals surface area contributed by atoms with Crippen LogP contribution in [-0.4, -0.2) is 41.4 Å². The van der Waals surface area contributed by atoms with Crippen LogP contribution in [0.25, 0.3) is 0 Å². The SMILES string of the molecule is CCCN(C1CC1)S(=O)(=O)c1scnc1C(=O)O. The second-order valence-electron chi connectivity index (χ2n) is 4.14. The summed E-state index contributed by atoms with van der Waals surface area (Å²) in [6, 6.07) is 0.0266. The van der Waals surface area contributed by atoms with Crippen LogP contribution in [0.15, 0.2) is 9.72 Å². The van der Waals surface area contributed by atoms with Gasteiger partial charge in [-0.15, -0.1) is 11.3 Å². The highest BCUT2D eigenvalue weighted by molar-refractivity contribution is 7.91. The minimum Gasteiger partial charge on any atom is -0.476 e. The first-order chi connectivity index (χ1) is 8.48. The smallest absolute Gasteiger partial charge is 0.356 e. The van der Waals surface area contributed by atoms with Crippen LogP contribution in [0.5, 0.6) is 0 Å². The molecule has 1 N–H and O–H groups in total. The van der Waals surface area contributed by atoms with E-state index in [0.717, 1.165) is 24.2 Å². The molecule has 0 aromatic carbocycles. The number of hydrogen-bond donors (Lipinski definition) is 1. The van der Waals surface area contributed by atoms with Crippen molar-refractivity contribution >= 4 is 27.3 Å². The fourth-order valence-corrected chi connectivity index (χ4v) is 4.78. The van der Waals surface area contributed by atoms with Crippen LogP contribution in [0.1, 0.15) is 36.7 Å². The first-order valence-electron chi connectivity index (χ1n) is 5.67. The molecule has 0 saturated heterocycles. The Bertz CT molecular complexity index is 548. The molecule has 1 aliphatic carbocycles. The van der Waals surface area contributed by atoms with E-state index in [1.807, 2.05) is 6.92 Å². The zero-order valence-electron chi connectivity index (χ0n) is 9.87. The zero-order chi connectivity index (χ0) is 13.3. The van der Waals surface area contributed by atoms with Gasteiger partial charge in [0, 0.05) is 12.6 Å². The lowest BCUT2D eigenvalue weighted by molar-refractivity contribution is 0.0687. The summed E-state index contributed by atoms with van der Waals surface area (Å²) in [7, 11) is -3.72. The number of carbonyl (C=O) groups is 1. The van der Waals surface area contributed by atoms with Gasteiger partial charge in [0.05, 0.1) is 5.51 Å². The molecule has 0 aliphatic heterocycles. The number of rotatable bonds is 6. The van der Waals surface area contributed by atoms with Crippen LogP contribution in [0.4, 0.5) is 0 Å². The lowest BCUT2D eigenvalue weighted by Gasteiger charge is -2.20. The van der Waals surface area contributed by atoms with Gasteiger partial charge in [-0.25, -0.2) is 18.2 Å². The first-order valence-corrected chi connectivity index (χ1v) is 7.99. The summed E-state index contributed by atoms with van der Waals surface area (Å²) in [5.41, 5.74) is 0.884. The molecular formula is C10H14N2O4S2. The fourth-order valence-electron chi connectivity index (χ4n) is 1.75. The van der Waals surface area contributed by atoms with Crippen LogP contribution in [0.2, 0.25) is 0 Å². The van der Waals surface area contributed by atoms with E-state index in [4.69, 9.17) is 5.11 Å². The number of carboxylic acid groups (broad SMARTS) is 1. The van der Waals surface area contributed by atoms with Gasteiger partial charge in [0.1, 0.15) is 0 Å². The maximum absolute atomic E-state index is 12.4. The molecule has 0 spiro atoms. The number of carboxylic acids is 1. The molecule has 0 radical (unpaired) electrons. The van der Waals surface area contributed by atoms with Crippen LogP contribution >= 0.6 is 11.3 Å². The zero-order valence-corrected chi connectivity index (χ0v) is 11.5. The van der Waals surface area contributed by atoms with E-state index in [-0.39, 0.29) is 15.9 Å². The monoisotopic (exact) mass is 290 g/mol. The van der Waals surface area contributed by atoms with Gasteiger partial charge in [0.25, 0.3) is 10.0 Å². The summed E-state index contributed by atoms with van der Waals surface area (Å²) in [6.07, 6.45) is 2.40. The lowest BCUT2D eigenvalue weighted by atomic mass is 10.5. The summed E-state index contributed by atoms with van der Waals surface area (Å²) >= 11 is 0.863. The van der Waals surface area contributed by atoms with Gasteiger partial charge >= 0.3 is 5.97 Å². The van der Waals surface area contributed by atoms with Crippen molar-refractivity contribution in [3.8, 4) is 0 Å². The Hall–Kier alpha value is -0.990. The minimum absolute atomic E-state index is 0.0266. The third kappa shape index (κ3) is 2.40. The number of sulfonamides is 1. The van der Waals surface area contributed by atoms with Crippen molar-refractivity contribution in [1.82, 2.24) is 9.29 Å². The molecule has 1 aromatic rings. The molecule has 1 saturated carbocycles. The number of thiazole rings is 1. The molecule has 0 amide bonds. The Morgan fingerprint density at radius 3 is 2.78 bits per heavy atom. The molecule has 18 heavy (non-hydrogen) atoms. The molecule has 6 nitrogen and oxygen atoms in total. The third-order valence-electron chi connectivity index (χ3n) is 2.68. The van der Waals surface area contributed by atoms with Crippen LogP contribution in [0.3, 0.4) is 0 Å². The second kappa shape index (κ2) is 4.94. The fraction of sp³-hybridized carbons (Fsp3) is 0.600. The van der Waals surface area contributed by atoms with E-state index in [0.29, 0.717) is 13.0 Å². The molecule has 2 rings (SSSR count). The number of nitrogens with zero attached hydrogens (tertiary/aromatic N) is 2. The van der Waals surface area contributed by atoms with E-state index in [2.05, 4.69) is 4.98 Å². The molecule has 1 aliphatic rings. The molecule has 100 valence electrons. The van der Waals surface area contributed by atoms with E-state index >= 15 is 0 Å². The van der Waals surface area contributed by atoms with E-state index in [1.54, 1.807) is 0 Å². The van der Waals surface area contributed by atoms with Gasteiger partial charge in [-0.05, 0) is 19.3 Å². The third-order valence-corrected chi connectivity index (χ3v) is 5.98. The van der Waals surface area contributed by atoms with Crippen molar-refractivity contribution in [3.63, 3.8) is 0 Å². The Balaban J connectivity index is 2.39. The summed E-state index contributed by atoms with van der Waals surface area (Å²) in [5.74, 6) is -1.30. The normalized spacial score (nSPS) is 16.1. The van der Waals surface area contributed by atoms with Crippen LogP contribution in [-0.2, 0) is 10.0 Å². The average molecular weight is 290 g/mol. The standard InChI is InChI=1S/C10H14N2O4S2/c1-2-5-12(7-3-4-7)18(15,16)10-8(9(13)14)11-6-17-10/h6-7H,2-5H2,1H3,(H,13,14). The predicted molar refractivity (Wildman–Crippen MR) is 66.3 cm³/mol. The quantitative estimate of drug-likeness (QED) is 0.855. The van der Waals surface area contributed by atoms with Crippen molar-refractivity contribution in [2.75, 3.05) is 6.54 Å². The van der Waals surface area contributed by atoms with Gasteiger partial charge in [0.2, 0.25) is 0 Å². The highest BCUT2D eigenvalue weighted by atomic mass is 32.2. The number of aromatic carboxylic acids is 1. The van der Waals surface area contributed by atoms with Crippen molar-refractivity contribution in [1.29, 1.82) is 0 Å². The molecule has 0 unspecified atom stereocenters. The maximum atomic E-state index is 12.4. The molecule has 1 aromatic heterocycles. The topological polar surface area (TPSA) is 87.6 Å². The highest BCUT2D eigenvalue weighted by Gasteiger charge is 2.40. The Labute approximate surface area is 109 Å². The van der Waals surface area contributed by atoms with Crippen molar-refractivity contribution < 1.29 is 18.3 Å². The van der Waals surface area contributed by atoms with Gasteiger partial charge in [0.15, 0.2) is 9.90 Å². The average Bonchev–Trinajstić information content (AvgIpc) is 2.99. The number of hydrogen-bond acceptors (Lipinski definition) is 5. The Morgan fingerprint density at radius 1 is 1.61 bits per heavy atom. The highest BCUT2D eigenvalue weighted by Crippen LogP contribution is 2.34. The molecule has 1 heterocycles. The van der Waals surface area contributed by atoms with Gasteiger partial charge < -0.3 is 5.11 Å². The summed E-state index contributed by atoms with van der Waals surface area (Å²) in [5, 5.41) is 8.94. The Morgan fingerprint density at radius 2 is 2.28 bits per heavy atom.